The van der Waals surface area contributed by atoms with Crippen molar-refractivity contribution >= 4 is 39.0 Å². The van der Waals surface area contributed by atoms with Gasteiger partial charge in [-0.15, -0.1) is 11.3 Å². The van der Waals surface area contributed by atoms with Crippen LogP contribution in [0.2, 0.25) is 0 Å². The minimum atomic E-state index is -0.418. The van der Waals surface area contributed by atoms with E-state index in [9.17, 15) is 9.59 Å². The predicted octanol–water partition coefficient (Wildman–Crippen LogP) is 4.83. The first-order chi connectivity index (χ1) is 12.0. The molecule has 0 unspecified atom stereocenters. The molecule has 0 bridgehead atoms. The van der Waals surface area contributed by atoms with Crippen molar-refractivity contribution in [3.05, 3.63) is 64.0 Å². The summed E-state index contributed by atoms with van der Waals surface area (Å²) in [5.41, 5.74) is 2.24. The first-order valence-corrected chi connectivity index (χ1v) is 8.80. The molecule has 5 heteroatoms. The fraction of sp³-hybridized carbons (Fsp3) is 0.200. The van der Waals surface area contributed by atoms with Crippen LogP contribution in [0, 0.1) is 13.8 Å². The van der Waals surface area contributed by atoms with Gasteiger partial charge in [0.05, 0.1) is 5.56 Å². The Kier molecular flexibility index (Phi) is 4.86. The second-order valence-electron chi connectivity index (χ2n) is 5.88. The minimum absolute atomic E-state index is 0.189. The van der Waals surface area contributed by atoms with Crippen LogP contribution in [-0.2, 0) is 16.1 Å². The van der Waals surface area contributed by atoms with Crippen molar-refractivity contribution in [2.75, 3.05) is 5.32 Å². The summed E-state index contributed by atoms with van der Waals surface area (Å²) < 4.78 is 5.56. The number of anilines is 1. The van der Waals surface area contributed by atoms with Gasteiger partial charge in [-0.25, -0.2) is 4.79 Å². The molecule has 4 nitrogen and oxygen atoms in total. The first-order valence-electron chi connectivity index (χ1n) is 7.98. The lowest BCUT2D eigenvalue weighted by Crippen LogP contribution is -2.12. The summed E-state index contributed by atoms with van der Waals surface area (Å²) in [6.45, 7) is 5.40. The van der Waals surface area contributed by atoms with Gasteiger partial charge in [0.15, 0.2) is 0 Å². The van der Waals surface area contributed by atoms with E-state index in [2.05, 4.69) is 5.32 Å². The highest BCUT2D eigenvalue weighted by Gasteiger charge is 2.21. The number of esters is 1. The summed E-state index contributed by atoms with van der Waals surface area (Å²) in [7, 11) is 0. The average Bonchev–Trinajstić information content (AvgIpc) is 2.86. The van der Waals surface area contributed by atoms with Crippen LogP contribution in [0.3, 0.4) is 0 Å². The summed E-state index contributed by atoms with van der Waals surface area (Å²) in [6.07, 6.45) is 0. The first kappa shape index (κ1) is 17.2. The average molecular weight is 353 g/mol. The van der Waals surface area contributed by atoms with E-state index in [1.54, 1.807) is 0 Å². The predicted molar refractivity (Wildman–Crippen MR) is 101 cm³/mol. The van der Waals surface area contributed by atoms with Gasteiger partial charge in [0, 0.05) is 11.8 Å². The molecule has 3 aromatic rings. The van der Waals surface area contributed by atoms with Crippen LogP contribution < -0.4 is 5.32 Å². The summed E-state index contributed by atoms with van der Waals surface area (Å²) >= 11 is 1.39. The number of carbonyl (C=O) groups excluding carboxylic acids is 2. The highest BCUT2D eigenvalue weighted by Crippen LogP contribution is 2.33. The molecule has 25 heavy (non-hydrogen) atoms. The fourth-order valence-corrected chi connectivity index (χ4v) is 3.85. The van der Waals surface area contributed by atoms with Crippen LogP contribution >= 0.6 is 11.3 Å². The fourth-order valence-electron chi connectivity index (χ4n) is 2.75. The number of nitrogens with one attached hydrogen (secondary N) is 1. The molecule has 0 saturated carbocycles. The van der Waals surface area contributed by atoms with Crippen molar-refractivity contribution in [1.82, 2.24) is 0 Å². The van der Waals surface area contributed by atoms with Gasteiger partial charge in [0.1, 0.15) is 11.6 Å². The van der Waals surface area contributed by atoms with E-state index in [4.69, 9.17) is 4.74 Å². The standard InChI is InChI=1S/C20H19NO3S/c1-12-13(2)25-19(21-14(3)22)18(12)20(23)24-11-16-9-6-8-15-7-4-5-10-17(15)16/h4-10H,11H2,1-3H3,(H,21,22). The zero-order valence-electron chi connectivity index (χ0n) is 14.4. The Hall–Kier alpha value is -2.66. The van der Waals surface area contributed by atoms with E-state index < -0.39 is 5.97 Å². The largest absolute Gasteiger partial charge is 0.457 e. The molecule has 0 spiro atoms. The number of amides is 1. The minimum Gasteiger partial charge on any atom is -0.457 e. The number of benzene rings is 2. The second kappa shape index (κ2) is 7.07. The quantitative estimate of drug-likeness (QED) is 0.683. The normalized spacial score (nSPS) is 10.7. The number of ether oxygens (including phenoxy) is 1. The van der Waals surface area contributed by atoms with Crippen molar-refractivity contribution in [2.24, 2.45) is 0 Å². The smallest absolute Gasteiger partial charge is 0.341 e. The molecule has 1 heterocycles. The Labute approximate surface area is 150 Å². The molecule has 0 fully saturated rings. The lowest BCUT2D eigenvalue weighted by molar-refractivity contribution is -0.114. The van der Waals surface area contributed by atoms with Crippen LogP contribution in [-0.4, -0.2) is 11.9 Å². The van der Waals surface area contributed by atoms with Gasteiger partial charge in [-0.05, 0) is 35.7 Å². The van der Waals surface area contributed by atoms with Gasteiger partial charge in [0.2, 0.25) is 5.91 Å². The summed E-state index contributed by atoms with van der Waals surface area (Å²) in [5, 5.41) is 5.45. The molecule has 1 aromatic heterocycles. The van der Waals surface area contributed by atoms with Crippen LogP contribution in [0.25, 0.3) is 10.8 Å². The third-order valence-electron chi connectivity index (χ3n) is 4.12. The highest BCUT2D eigenvalue weighted by atomic mass is 32.1. The number of fused-ring (bicyclic) bond motifs is 1. The van der Waals surface area contributed by atoms with Gasteiger partial charge < -0.3 is 10.1 Å². The molecule has 1 amide bonds. The highest BCUT2D eigenvalue weighted by molar-refractivity contribution is 7.16. The SMILES string of the molecule is CC(=O)Nc1sc(C)c(C)c1C(=O)OCc1cccc2ccccc12. The molecule has 128 valence electrons. The van der Waals surface area contributed by atoms with Gasteiger partial charge in [-0.3, -0.25) is 4.79 Å². The van der Waals surface area contributed by atoms with Gasteiger partial charge in [-0.2, -0.15) is 0 Å². The monoisotopic (exact) mass is 353 g/mol. The van der Waals surface area contributed by atoms with Gasteiger partial charge >= 0.3 is 5.97 Å². The third kappa shape index (κ3) is 3.56. The van der Waals surface area contributed by atoms with Crippen molar-refractivity contribution in [2.45, 2.75) is 27.4 Å². The molecular weight excluding hydrogens is 334 g/mol. The molecular formula is C20H19NO3S. The molecule has 0 aliphatic rings. The Morgan fingerprint density at radius 2 is 1.80 bits per heavy atom. The van der Waals surface area contributed by atoms with E-state index in [0.717, 1.165) is 26.8 Å². The van der Waals surface area contributed by atoms with E-state index >= 15 is 0 Å². The Morgan fingerprint density at radius 3 is 2.56 bits per heavy atom. The molecule has 0 aliphatic carbocycles. The molecule has 0 saturated heterocycles. The zero-order chi connectivity index (χ0) is 18.0. The molecule has 1 N–H and O–H groups in total. The number of aryl methyl sites for hydroxylation is 1. The van der Waals surface area contributed by atoms with Crippen molar-refractivity contribution in [3.63, 3.8) is 0 Å². The van der Waals surface area contributed by atoms with Crippen LogP contribution in [0.4, 0.5) is 5.00 Å². The summed E-state index contributed by atoms with van der Waals surface area (Å²) in [5.74, 6) is -0.622. The Balaban J connectivity index is 1.84. The summed E-state index contributed by atoms with van der Waals surface area (Å²) in [4.78, 5) is 25.0. The van der Waals surface area contributed by atoms with E-state index in [-0.39, 0.29) is 12.5 Å². The van der Waals surface area contributed by atoms with Crippen LogP contribution in [0.15, 0.2) is 42.5 Å². The molecule has 3 rings (SSSR count). The van der Waals surface area contributed by atoms with Crippen molar-refractivity contribution in [1.29, 1.82) is 0 Å². The third-order valence-corrected chi connectivity index (χ3v) is 5.24. The van der Waals surface area contributed by atoms with E-state index in [1.807, 2.05) is 56.3 Å². The maximum Gasteiger partial charge on any atom is 0.341 e. The number of carbonyl (C=O) groups is 2. The summed E-state index contributed by atoms with van der Waals surface area (Å²) in [6, 6.07) is 13.9. The van der Waals surface area contributed by atoms with Crippen molar-refractivity contribution < 1.29 is 14.3 Å². The number of thiophene rings is 1. The molecule has 2 aromatic carbocycles. The lowest BCUT2D eigenvalue weighted by Gasteiger charge is -2.09. The van der Waals surface area contributed by atoms with E-state index in [0.29, 0.717) is 10.6 Å². The molecule has 0 atom stereocenters. The van der Waals surface area contributed by atoms with Crippen LogP contribution in [0.5, 0.6) is 0 Å². The van der Waals surface area contributed by atoms with Gasteiger partial charge in [0.25, 0.3) is 0 Å². The van der Waals surface area contributed by atoms with Crippen LogP contribution in [0.1, 0.15) is 33.3 Å². The Bertz CT molecular complexity index is 953. The molecule has 0 aliphatic heterocycles. The van der Waals surface area contributed by atoms with Gasteiger partial charge in [-0.1, -0.05) is 42.5 Å². The topological polar surface area (TPSA) is 55.4 Å². The number of hydrogen-bond donors (Lipinski definition) is 1. The maximum absolute atomic E-state index is 12.6. The number of rotatable bonds is 4. The zero-order valence-corrected chi connectivity index (χ0v) is 15.2. The maximum atomic E-state index is 12.6. The lowest BCUT2D eigenvalue weighted by atomic mass is 10.1. The Morgan fingerprint density at radius 1 is 1.08 bits per heavy atom. The number of hydrogen-bond acceptors (Lipinski definition) is 4. The van der Waals surface area contributed by atoms with Crippen molar-refractivity contribution in [3.8, 4) is 0 Å². The second-order valence-corrected chi connectivity index (χ2v) is 7.11. The van der Waals surface area contributed by atoms with E-state index in [1.165, 1.54) is 18.3 Å². The molecule has 0 radical (unpaired) electrons.